The van der Waals surface area contributed by atoms with Gasteiger partial charge in [0.05, 0.1) is 6.61 Å². The van der Waals surface area contributed by atoms with Crippen LogP contribution < -0.4 is 4.74 Å². The van der Waals surface area contributed by atoms with Gasteiger partial charge in [0.25, 0.3) is 5.91 Å². The number of amides is 1. The van der Waals surface area contributed by atoms with Gasteiger partial charge in [-0.15, -0.1) is 0 Å². The first-order valence-corrected chi connectivity index (χ1v) is 5.85. The number of nitrogens with zero attached hydrogens (tertiary/aromatic N) is 1. The SMILES string of the molecule is CN1Cc2cc(OCCOI)ccc2C1=O. The number of hydrogen-bond donors (Lipinski definition) is 0. The van der Waals surface area contributed by atoms with Crippen molar-refractivity contribution in [1.29, 1.82) is 0 Å². The molecule has 0 N–H and O–H groups in total. The molecule has 0 radical (unpaired) electrons. The molecule has 0 saturated heterocycles. The van der Waals surface area contributed by atoms with E-state index >= 15 is 0 Å². The minimum absolute atomic E-state index is 0.0807. The van der Waals surface area contributed by atoms with E-state index in [0.717, 1.165) is 16.9 Å². The maximum Gasteiger partial charge on any atom is 0.254 e. The molecule has 0 aromatic heterocycles. The van der Waals surface area contributed by atoms with E-state index in [0.29, 0.717) is 19.8 Å². The van der Waals surface area contributed by atoms with Crippen molar-refractivity contribution in [3.8, 4) is 5.75 Å². The van der Waals surface area contributed by atoms with Crippen molar-refractivity contribution in [3.05, 3.63) is 29.3 Å². The standard InChI is InChI=1S/C11H12INO3/c1-13-7-8-6-9(15-4-5-16-12)2-3-10(8)11(13)14/h2-3,6H,4-5,7H2,1H3. The number of carbonyl (C=O) groups is 1. The van der Waals surface area contributed by atoms with Crippen LogP contribution in [-0.2, 0) is 9.61 Å². The van der Waals surface area contributed by atoms with Gasteiger partial charge in [0.15, 0.2) is 0 Å². The highest BCUT2D eigenvalue weighted by molar-refractivity contribution is 14.1. The molecule has 1 aromatic rings. The van der Waals surface area contributed by atoms with Crippen molar-refractivity contribution in [2.75, 3.05) is 20.3 Å². The van der Waals surface area contributed by atoms with Crippen LogP contribution in [0.25, 0.3) is 0 Å². The van der Waals surface area contributed by atoms with E-state index in [-0.39, 0.29) is 5.91 Å². The second-order valence-corrected chi connectivity index (χ2v) is 4.26. The van der Waals surface area contributed by atoms with E-state index in [4.69, 9.17) is 7.80 Å². The fourth-order valence-corrected chi connectivity index (χ4v) is 1.90. The maximum absolute atomic E-state index is 11.6. The van der Waals surface area contributed by atoms with Crippen LogP contribution in [0.1, 0.15) is 15.9 Å². The zero-order valence-corrected chi connectivity index (χ0v) is 11.1. The van der Waals surface area contributed by atoms with Crippen LogP contribution in [-0.4, -0.2) is 31.1 Å². The van der Waals surface area contributed by atoms with E-state index < -0.39 is 0 Å². The predicted octanol–water partition coefficient (Wildman–Crippen LogP) is 2.02. The molecule has 4 nitrogen and oxygen atoms in total. The molecule has 0 saturated carbocycles. The zero-order chi connectivity index (χ0) is 11.5. The molecule has 1 aromatic carbocycles. The Morgan fingerprint density at radius 2 is 2.25 bits per heavy atom. The topological polar surface area (TPSA) is 38.8 Å². The average molecular weight is 333 g/mol. The Morgan fingerprint density at radius 3 is 3.00 bits per heavy atom. The number of ether oxygens (including phenoxy) is 1. The smallest absolute Gasteiger partial charge is 0.254 e. The van der Waals surface area contributed by atoms with E-state index in [1.54, 1.807) is 11.9 Å². The summed E-state index contributed by atoms with van der Waals surface area (Å²) in [5, 5.41) is 0. The number of hydrogen-bond acceptors (Lipinski definition) is 3. The minimum Gasteiger partial charge on any atom is -0.491 e. The van der Waals surface area contributed by atoms with Crippen LogP contribution in [0.4, 0.5) is 0 Å². The summed E-state index contributed by atoms with van der Waals surface area (Å²) >= 11 is 1.83. The van der Waals surface area contributed by atoms with Gasteiger partial charge in [0, 0.05) is 19.2 Å². The Kier molecular flexibility index (Phi) is 3.65. The highest BCUT2D eigenvalue weighted by Crippen LogP contribution is 2.25. The monoisotopic (exact) mass is 333 g/mol. The second kappa shape index (κ2) is 5.01. The first-order chi connectivity index (χ1) is 7.72. The van der Waals surface area contributed by atoms with Gasteiger partial charge in [-0.1, -0.05) is 0 Å². The van der Waals surface area contributed by atoms with Gasteiger partial charge in [-0.3, -0.25) is 4.79 Å². The number of benzene rings is 1. The summed E-state index contributed by atoms with van der Waals surface area (Å²) in [5.41, 5.74) is 1.81. The van der Waals surface area contributed by atoms with Gasteiger partial charge in [-0.25, -0.2) is 0 Å². The highest BCUT2D eigenvalue weighted by Gasteiger charge is 2.24. The lowest BCUT2D eigenvalue weighted by molar-refractivity contribution is 0.0816. The Bertz CT molecular complexity index is 408. The third-order valence-corrected chi connectivity index (χ3v) is 2.93. The third-order valence-electron chi connectivity index (χ3n) is 2.49. The molecule has 1 aliphatic rings. The molecular formula is C11H12INO3. The van der Waals surface area contributed by atoms with Crippen molar-refractivity contribution in [2.24, 2.45) is 0 Å². The second-order valence-electron chi connectivity index (χ2n) is 3.64. The summed E-state index contributed by atoms with van der Waals surface area (Å²) in [6.07, 6.45) is 0. The van der Waals surface area contributed by atoms with Crippen molar-refractivity contribution in [3.63, 3.8) is 0 Å². The van der Waals surface area contributed by atoms with Crippen LogP contribution in [0.5, 0.6) is 5.75 Å². The fourth-order valence-electron chi connectivity index (χ4n) is 1.72. The van der Waals surface area contributed by atoms with E-state index in [2.05, 4.69) is 0 Å². The maximum atomic E-state index is 11.6. The molecular weight excluding hydrogens is 321 g/mol. The molecule has 86 valence electrons. The molecule has 0 bridgehead atoms. The summed E-state index contributed by atoms with van der Waals surface area (Å²) in [4.78, 5) is 13.3. The molecule has 1 aliphatic heterocycles. The van der Waals surface area contributed by atoms with Crippen LogP contribution in [0.3, 0.4) is 0 Å². The minimum atomic E-state index is 0.0807. The lowest BCUT2D eigenvalue weighted by Gasteiger charge is -2.06. The summed E-state index contributed by atoms with van der Waals surface area (Å²) in [6.45, 7) is 1.73. The Balaban J connectivity index is 2.10. The number of fused-ring (bicyclic) bond motifs is 1. The van der Waals surface area contributed by atoms with E-state index in [1.807, 2.05) is 41.2 Å². The van der Waals surface area contributed by atoms with Gasteiger partial charge in [-0.05, 0) is 23.8 Å². The third kappa shape index (κ3) is 2.30. The van der Waals surface area contributed by atoms with Crippen molar-refractivity contribution in [2.45, 2.75) is 6.54 Å². The Labute approximate surface area is 108 Å². The summed E-state index contributed by atoms with van der Waals surface area (Å²) in [6, 6.07) is 5.56. The molecule has 1 amide bonds. The molecule has 16 heavy (non-hydrogen) atoms. The molecule has 0 atom stereocenters. The van der Waals surface area contributed by atoms with E-state index in [1.165, 1.54) is 0 Å². The normalized spacial score (nSPS) is 14.1. The predicted molar refractivity (Wildman–Crippen MR) is 67.7 cm³/mol. The number of halogens is 1. The molecule has 5 heteroatoms. The average Bonchev–Trinajstić information content (AvgIpc) is 2.55. The zero-order valence-electron chi connectivity index (χ0n) is 8.90. The Hall–Kier alpha value is -0.820. The van der Waals surface area contributed by atoms with Crippen molar-refractivity contribution < 1.29 is 12.6 Å². The largest absolute Gasteiger partial charge is 0.491 e. The molecule has 2 rings (SSSR count). The van der Waals surface area contributed by atoms with Gasteiger partial charge < -0.3 is 12.7 Å². The molecule has 0 aliphatic carbocycles. The Morgan fingerprint density at radius 1 is 1.44 bits per heavy atom. The van der Waals surface area contributed by atoms with Crippen LogP contribution in [0.2, 0.25) is 0 Å². The molecule has 0 spiro atoms. The fraction of sp³-hybridized carbons (Fsp3) is 0.364. The van der Waals surface area contributed by atoms with E-state index in [9.17, 15) is 4.79 Å². The number of carbonyl (C=O) groups excluding carboxylic acids is 1. The van der Waals surface area contributed by atoms with Crippen LogP contribution >= 0.6 is 23.0 Å². The van der Waals surface area contributed by atoms with Crippen molar-refractivity contribution >= 4 is 28.9 Å². The first kappa shape index (κ1) is 11.7. The van der Waals surface area contributed by atoms with Crippen molar-refractivity contribution in [1.82, 2.24) is 4.90 Å². The molecule has 0 fully saturated rings. The molecule has 1 heterocycles. The van der Waals surface area contributed by atoms with Gasteiger partial charge in [-0.2, -0.15) is 0 Å². The molecule has 0 unspecified atom stereocenters. The summed E-state index contributed by atoms with van der Waals surface area (Å²) in [7, 11) is 1.80. The summed E-state index contributed by atoms with van der Waals surface area (Å²) in [5.74, 6) is 0.868. The highest BCUT2D eigenvalue weighted by atomic mass is 127. The van der Waals surface area contributed by atoms with Gasteiger partial charge >= 0.3 is 0 Å². The first-order valence-electron chi connectivity index (χ1n) is 4.97. The van der Waals surface area contributed by atoms with Crippen LogP contribution in [0, 0.1) is 0 Å². The number of rotatable bonds is 4. The summed E-state index contributed by atoms with van der Waals surface area (Å²) < 4.78 is 10.4. The van der Waals surface area contributed by atoms with Crippen LogP contribution in [0.15, 0.2) is 18.2 Å². The lowest BCUT2D eigenvalue weighted by atomic mass is 10.1. The lowest BCUT2D eigenvalue weighted by Crippen LogP contribution is -2.17. The quantitative estimate of drug-likeness (QED) is 0.625. The van der Waals surface area contributed by atoms with Gasteiger partial charge in [0.2, 0.25) is 0 Å². The van der Waals surface area contributed by atoms with Gasteiger partial charge in [0.1, 0.15) is 35.4 Å².